The normalized spacial score (nSPS) is 11.4. The summed E-state index contributed by atoms with van der Waals surface area (Å²) in [6, 6.07) is 3.58. The van der Waals surface area contributed by atoms with Gasteiger partial charge in [-0.25, -0.2) is 0 Å². The molecule has 0 unspecified atom stereocenters. The number of nitrogens with two attached hydrogens (primary N) is 1. The van der Waals surface area contributed by atoms with Crippen molar-refractivity contribution >= 4 is 5.84 Å². The summed E-state index contributed by atoms with van der Waals surface area (Å²) in [6.45, 7) is 2.52. The zero-order valence-corrected chi connectivity index (χ0v) is 7.97. The van der Waals surface area contributed by atoms with E-state index in [1.165, 1.54) is 0 Å². The van der Waals surface area contributed by atoms with E-state index in [1.807, 2.05) is 6.92 Å². The van der Waals surface area contributed by atoms with E-state index in [4.69, 9.17) is 15.7 Å². The van der Waals surface area contributed by atoms with Crippen LogP contribution in [0.1, 0.15) is 12.6 Å². The molecule has 76 valence electrons. The molecule has 0 aliphatic carbocycles. The van der Waals surface area contributed by atoms with Crippen molar-refractivity contribution in [3.8, 4) is 5.75 Å². The number of pyridine rings is 1. The highest BCUT2D eigenvalue weighted by Gasteiger charge is 1.99. The molecule has 1 aromatic heterocycles. The fraction of sp³-hybridized carbons (Fsp3) is 0.333. The van der Waals surface area contributed by atoms with Crippen LogP contribution in [-0.4, -0.2) is 22.6 Å². The van der Waals surface area contributed by atoms with Gasteiger partial charge in [0.05, 0.1) is 19.2 Å². The predicted molar refractivity (Wildman–Crippen MR) is 52.5 cm³/mol. The Bertz CT molecular complexity index is 308. The Morgan fingerprint density at radius 1 is 1.64 bits per heavy atom. The Labute approximate surface area is 82.2 Å². The SMILES string of the molecule is CCOc1ccc(C/C(N)=N/O)nc1. The van der Waals surface area contributed by atoms with Gasteiger partial charge < -0.3 is 15.7 Å². The number of nitrogens with zero attached hydrogens (tertiary/aromatic N) is 2. The predicted octanol–water partition coefficient (Wildman–Crippen LogP) is 0.769. The van der Waals surface area contributed by atoms with Crippen molar-refractivity contribution < 1.29 is 9.94 Å². The minimum absolute atomic E-state index is 0.140. The molecule has 0 aliphatic heterocycles. The van der Waals surface area contributed by atoms with Gasteiger partial charge in [-0.15, -0.1) is 0 Å². The van der Waals surface area contributed by atoms with Crippen molar-refractivity contribution in [1.82, 2.24) is 4.98 Å². The van der Waals surface area contributed by atoms with E-state index < -0.39 is 0 Å². The van der Waals surface area contributed by atoms with Crippen LogP contribution < -0.4 is 10.5 Å². The number of amidine groups is 1. The van der Waals surface area contributed by atoms with Crippen LogP contribution in [0.4, 0.5) is 0 Å². The molecule has 1 heterocycles. The average molecular weight is 195 g/mol. The van der Waals surface area contributed by atoms with Crippen LogP contribution >= 0.6 is 0 Å². The summed E-state index contributed by atoms with van der Waals surface area (Å²) in [6.07, 6.45) is 1.95. The molecule has 0 amide bonds. The van der Waals surface area contributed by atoms with Gasteiger partial charge in [-0.1, -0.05) is 5.16 Å². The third-order valence-electron chi connectivity index (χ3n) is 1.60. The highest BCUT2D eigenvalue weighted by Crippen LogP contribution is 2.08. The highest BCUT2D eigenvalue weighted by atomic mass is 16.5. The molecule has 14 heavy (non-hydrogen) atoms. The zero-order chi connectivity index (χ0) is 10.4. The van der Waals surface area contributed by atoms with Gasteiger partial charge in [0.25, 0.3) is 0 Å². The van der Waals surface area contributed by atoms with Crippen LogP contribution in [0.2, 0.25) is 0 Å². The maximum Gasteiger partial charge on any atom is 0.145 e. The van der Waals surface area contributed by atoms with Crippen molar-refractivity contribution in [3.63, 3.8) is 0 Å². The lowest BCUT2D eigenvalue weighted by atomic mass is 10.2. The molecular weight excluding hydrogens is 182 g/mol. The van der Waals surface area contributed by atoms with Gasteiger partial charge >= 0.3 is 0 Å². The number of oxime groups is 1. The fourth-order valence-electron chi connectivity index (χ4n) is 0.988. The maximum absolute atomic E-state index is 8.35. The summed E-state index contributed by atoms with van der Waals surface area (Å²) in [4.78, 5) is 4.09. The summed E-state index contributed by atoms with van der Waals surface area (Å²) in [5, 5.41) is 11.2. The molecule has 0 aromatic carbocycles. The number of hydrogen-bond donors (Lipinski definition) is 2. The van der Waals surface area contributed by atoms with Gasteiger partial charge in [-0.3, -0.25) is 4.98 Å². The Balaban J connectivity index is 2.64. The van der Waals surface area contributed by atoms with Gasteiger partial charge in [0.1, 0.15) is 11.6 Å². The first-order chi connectivity index (χ1) is 6.76. The fourth-order valence-corrected chi connectivity index (χ4v) is 0.988. The molecule has 1 rings (SSSR count). The topological polar surface area (TPSA) is 80.7 Å². The first-order valence-corrected chi connectivity index (χ1v) is 4.30. The molecule has 3 N–H and O–H groups in total. The minimum Gasteiger partial charge on any atom is -0.492 e. The smallest absolute Gasteiger partial charge is 0.145 e. The Hall–Kier alpha value is -1.78. The number of aromatic nitrogens is 1. The van der Waals surface area contributed by atoms with Gasteiger partial charge in [-0.2, -0.15) is 0 Å². The molecule has 0 radical (unpaired) electrons. The van der Waals surface area contributed by atoms with Crippen LogP contribution in [0.5, 0.6) is 5.75 Å². The zero-order valence-electron chi connectivity index (χ0n) is 7.97. The van der Waals surface area contributed by atoms with Gasteiger partial charge in [0.2, 0.25) is 0 Å². The van der Waals surface area contributed by atoms with Gasteiger partial charge in [0.15, 0.2) is 0 Å². The molecule has 5 nitrogen and oxygen atoms in total. The summed E-state index contributed by atoms with van der Waals surface area (Å²) < 4.78 is 5.22. The molecule has 5 heteroatoms. The van der Waals surface area contributed by atoms with Gasteiger partial charge in [0, 0.05) is 5.69 Å². The lowest BCUT2D eigenvalue weighted by Gasteiger charge is -2.03. The minimum atomic E-state index is 0.140. The van der Waals surface area contributed by atoms with Crippen molar-refractivity contribution in [1.29, 1.82) is 0 Å². The van der Waals surface area contributed by atoms with Crippen LogP contribution in [0.15, 0.2) is 23.5 Å². The van der Waals surface area contributed by atoms with E-state index in [-0.39, 0.29) is 5.84 Å². The van der Waals surface area contributed by atoms with Crippen molar-refractivity contribution in [2.45, 2.75) is 13.3 Å². The molecule has 0 atom stereocenters. The second-order valence-electron chi connectivity index (χ2n) is 2.69. The molecule has 0 spiro atoms. The molecule has 0 saturated heterocycles. The Kier molecular flexibility index (Phi) is 3.72. The summed E-state index contributed by atoms with van der Waals surface area (Å²) in [5.41, 5.74) is 6.07. The van der Waals surface area contributed by atoms with Crippen LogP contribution in [0, 0.1) is 0 Å². The van der Waals surface area contributed by atoms with Crippen LogP contribution in [-0.2, 0) is 6.42 Å². The monoisotopic (exact) mass is 195 g/mol. The van der Waals surface area contributed by atoms with Gasteiger partial charge in [-0.05, 0) is 19.1 Å². The summed E-state index contributed by atoms with van der Waals surface area (Å²) in [7, 11) is 0. The van der Waals surface area contributed by atoms with E-state index >= 15 is 0 Å². The van der Waals surface area contributed by atoms with E-state index in [0.717, 1.165) is 11.4 Å². The molecule has 0 saturated carbocycles. The molecule has 0 bridgehead atoms. The second kappa shape index (κ2) is 5.06. The first kappa shape index (κ1) is 10.3. The number of ether oxygens (including phenoxy) is 1. The lowest BCUT2D eigenvalue weighted by Crippen LogP contribution is -2.15. The number of rotatable bonds is 4. The van der Waals surface area contributed by atoms with Crippen LogP contribution in [0.3, 0.4) is 0 Å². The van der Waals surface area contributed by atoms with Crippen molar-refractivity contribution in [2.24, 2.45) is 10.9 Å². The van der Waals surface area contributed by atoms with Crippen LogP contribution in [0.25, 0.3) is 0 Å². The summed E-state index contributed by atoms with van der Waals surface area (Å²) in [5.74, 6) is 0.859. The largest absolute Gasteiger partial charge is 0.492 e. The lowest BCUT2D eigenvalue weighted by molar-refractivity contribution is 0.317. The molecule has 1 aromatic rings. The Morgan fingerprint density at radius 3 is 2.93 bits per heavy atom. The molecule has 0 fully saturated rings. The molecule has 0 aliphatic rings. The standard InChI is InChI=1S/C9H13N3O2/c1-2-14-8-4-3-7(11-6-8)5-9(10)12-13/h3-4,6,13H,2,5H2,1H3,(H2,10,12). The highest BCUT2D eigenvalue weighted by molar-refractivity contribution is 5.81. The van der Waals surface area contributed by atoms with E-state index in [2.05, 4.69) is 10.1 Å². The van der Waals surface area contributed by atoms with Crippen molar-refractivity contribution in [2.75, 3.05) is 6.61 Å². The molecular formula is C9H13N3O2. The third kappa shape index (κ3) is 2.93. The number of hydrogen-bond acceptors (Lipinski definition) is 4. The Morgan fingerprint density at radius 2 is 2.43 bits per heavy atom. The van der Waals surface area contributed by atoms with E-state index in [0.29, 0.717) is 13.0 Å². The second-order valence-corrected chi connectivity index (χ2v) is 2.69. The summed E-state index contributed by atoms with van der Waals surface area (Å²) >= 11 is 0. The quantitative estimate of drug-likeness (QED) is 0.322. The van der Waals surface area contributed by atoms with Crippen molar-refractivity contribution in [3.05, 3.63) is 24.0 Å². The van der Waals surface area contributed by atoms with E-state index in [1.54, 1.807) is 18.3 Å². The third-order valence-corrected chi connectivity index (χ3v) is 1.60. The van der Waals surface area contributed by atoms with E-state index in [9.17, 15) is 0 Å². The average Bonchev–Trinajstić information content (AvgIpc) is 2.21. The maximum atomic E-state index is 8.35. The first-order valence-electron chi connectivity index (χ1n) is 4.30.